The second kappa shape index (κ2) is 6.62. The SMILES string of the molecule is Cc1coc2cc(O)cc(OC3OC(CO)C(O)C(O)C3O)c2c1=O. The van der Waals surface area contributed by atoms with Crippen LogP contribution in [0, 0.1) is 6.92 Å². The molecule has 136 valence electrons. The summed E-state index contributed by atoms with van der Waals surface area (Å²) in [6, 6.07) is 2.37. The zero-order chi connectivity index (χ0) is 18.3. The van der Waals surface area contributed by atoms with E-state index in [-0.39, 0.29) is 22.5 Å². The third kappa shape index (κ3) is 3.08. The average Bonchev–Trinajstić information content (AvgIpc) is 2.58. The number of hydrogen-bond donors (Lipinski definition) is 5. The van der Waals surface area contributed by atoms with Crippen LogP contribution in [0.3, 0.4) is 0 Å². The van der Waals surface area contributed by atoms with Gasteiger partial charge in [-0.3, -0.25) is 4.79 Å². The highest BCUT2D eigenvalue weighted by molar-refractivity contribution is 5.85. The Hall–Kier alpha value is -2.17. The molecule has 25 heavy (non-hydrogen) atoms. The van der Waals surface area contributed by atoms with Gasteiger partial charge in [0, 0.05) is 17.7 Å². The molecule has 2 aromatic rings. The number of fused-ring (bicyclic) bond motifs is 1. The fourth-order valence-electron chi connectivity index (χ4n) is 2.68. The Balaban J connectivity index is 2.02. The van der Waals surface area contributed by atoms with Crippen molar-refractivity contribution in [2.45, 2.75) is 37.6 Å². The Morgan fingerprint density at radius 1 is 1.16 bits per heavy atom. The maximum atomic E-state index is 12.4. The molecule has 5 atom stereocenters. The molecule has 0 saturated carbocycles. The van der Waals surface area contributed by atoms with E-state index in [0.717, 1.165) is 6.07 Å². The predicted octanol–water partition coefficient (Wildman–Crippen LogP) is -1.01. The van der Waals surface area contributed by atoms with Crippen LogP contribution in [-0.2, 0) is 4.74 Å². The molecule has 1 aromatic heterocycles. The van der Waals surface area contributed by atoms with Crippen molar-refractivity contribution in [1.29, 1.82) is 0 Å². The monoisotopic (exact) mass is 354 g/mol. The molecule has 0 radical (unpaired) electrons. The van der Waals surface area contributed by atoms with Crippen LogP contribution >= 0.6 is 0 Å². The first-order chi connectivity index (χ1) is 11.8. The molecule has 3 rings (SSSR count). The number of rotatable bonds is 3. The maximum absolute atomic E-state index is 12.4. The smallest absolute Gasteiger partial charge is 0.229 e. The van der Waals surface area contributed by atoms with Crippen LogP contribution in [0.5, 0.6) is 11.5 Å². The first-order valence-electron chi connectivity index (χ1n) is 7.55. The molecular formula is C16H18O9. The lowest BCUT2D eigenvalue weighted by Gasteiger charge is -2.39. The van der Waals surface area contributed by atoms with Crippen molar-refractivity contribution in [2.24, 2.45) is 0 Å². The second-order valence-electron chi connectivity index (χ2n) is 5.88. The first kappa shape index (κ1) is 17.6. The number of benzene rings is 1. The van der Waals surface area contributed by atoms with Crippen LogP contribution in [0.1, 0.15) is 5.56 Å². The molecule has 1 saturated heterocycles. The molecule has 1 aliphatic heterocycles. The van der Waals surface area contributed by atoms with Crippen molar-refractivity contribution < 1.29 is 39.4 Å². The highest BCUT2D eigenvalue weighted by Gasteiger charge is 2.45. The standard InChI is InChI=1S/C16H18O9/c1-6-5-23-8-2-7(18)3-9(11(8)12(6)19)24-16-15(22)14(21)13(20)10(4-17)25-16/h2-3,5,10,13-18,20-22H,4H2,1H3. The normalized spacial score (nSPS) is 29.7. The van der Waals surface area contributed by atoms with Crippen molar-refractivity contribution >= 4 is 11.0 Å². The number of aromatic hydroxyl groups is 1. The Morgan fingerprint density at radius 2 is 1.88 bits per heavy atom. The third-order valence-electron chi connectivity index (χ3n) is 4.09. The number of ether oxygens (including phenoxy) is 2. The van der Waals surface area contributed by atoms with Gasteiger partial charge < -0.3 is 39.4 Å². The molecule has 2 heterocycles. The summed E-state index contributed by atoms with van der Waals surface area (Å²) in [6.45, 7) is 0.919. The molecule has 0 bridgehead atoms. The summed E-state index contributed by atoms with van der Waals surface area (Å²) in [5.74, 6) is -0.379. The molecule has 0 amide bonds. The summed E-state index contributed by atoms with van der Waals surface area (Å²) >= 11 is 0. The van der Waals surface area contributed by atoms with Crippen LogP contribution in [0.15, 0.2) is 27.6 Å². The van der Waals surface area contributed by atoms with E-state index in [1.54, 1.807) is 0 Å². The van der Waals surface area contributed by atoms with Crippen molar-refractivity contribution in [1.82, 2.24) is 0 Å². The summed E-state index contributed by atoms with van der Waals surface area (Å²) in [5, 5.41) is 48.7. The largest absolute Gasteiger partial charge is 0.508 e. The number of aryl methyl sites for hydroxylation is 1. The number of phenolic OH excluding ortho intramolecular Hbond substituents is 1. The van der Waals surface area contributed by atoms with Crippen molar-refractivity contribution in [2.75, 3.05) is 6.61 Å². The lowest BCUT2D eigenvalue weighted by Crippen LogP contribution is -2.60. The van der Waals surface area contributed by atoms with Gasteiger partial charge in [-0.25, -0.2) is 0 Å². The summed E-state index contributed by atoms with van der Waals surface area (Å²) < 4.78 is 16.0. The Bertz CT molecular complexity index is 828. The van der Waals surface area contributed by atoms with E-state index < -0.39 is 42.7 Å². The van der Waals surface area contributed by atoms with Crippen LogP contribution in [0.2, 0.25) is 0 Å². The minimum Gasteiger partial charge on any atom is -0.508 e. The fraction of sp³-hybridized carbons (Fsp3) is 0.438. The number of aliphatic hydroxyl groups is 4. The van der Waals surface area contributed by atoms with Gasteiger partial charge in [0.1, 0.15) is 46.9 Å². The van der Waals surface area contributed by atoms with Crippen molar-refractivity contribution in [3.8, 4) is 11.5 Å². The second-order valence-corrected chi connectivity index (χ2v) is 5.88. The molecule has 0 spiro atoms. The van der Waals surface area contributed by atoms with Gasteiger partial charge in [0.05, 0.1) is 12.9 Å². The molecule has 1 aromatic carbocycles. The van der Waals surface area contributed by atoms with Gasteiger partial charge >= 0.3 is 0 Å². The van der Waals surface area contributed by atoms with Gasteiger partial charge in [-0.1, -0.05) is 0 Å². The van der Waals surface area contributed by atoms with E-state index >= 15 is 0 Å². The van der Waals surface area contributed by atoms with Crippen molar-refractivity contribution in [3.05, 3.63) is 34.2 Å². The molecule has 9 heteroatoms. The summed E-state index contributed by atoms with van der Waals surface area (Å²) in [7, 11) is 0. The summed E-state index contributed by atoms with van der Waals surface area (Å²) in [6.07, 6.45) is -6.22. The molecule has 1 aliphatic rings. The summed E-state index contributed by atoms with van der Waals surface area (Å²) in [4.78, 5) is 12.4. The number of phenols is 1. The van der Waals surface area contributed by atoms with E-state index in [0.29, 0.717) is 5.56 Å². The van der Waals surface area contributed by atoms with Crippen molar-refractivity contribution in [3.63, 3.8) is 0 Å². The minimum atomic E-state index is -1.65. The van der Waals surface area contributed by atoms with Gasteiger partial charge in [-0.2, -0.15) is 0 Å². The zero-order valence-corrected chi connectivity index (χ0v) is 13.2. The van der Waals surface area contributed by atoms with Crippen LogP contribution in [0.4, 0.5) is 0 Å². The molecule has 5 N–H and O–H groups in total. The summed E-state index contributed by atoms with van der Waals surface area (Å²) in [5.41, 5.74) is -0.0344. The quantitative estimate of drug-likeness (QED) is 0.467. The van der Waals surface area contributed by atoms with Crippen LogP contribution in [0.25, 0.3) is 11.0 Å². The van der Waals surface area contributed by atoms with Gasteiger partial charge in [-0.05, 0) is 6.92 Å². The van der Waals surface area contributed by atoms with E-state index in [4.69, 9.17) is 13.9 Å². The zero-order valence-electron chi connectivity index (χ0n) is 13.2. The van der Waals surface area contributed by atoms with Crippen LogP contribution in [-0.4, -0.2) is 62.8 Å². The van der Waals surface area contributed by atoms with E-state index in [1.807, 2.05) is 0 Å². The fourth-order valence-corrected chi connectivity index (χ4v) is 2.68. The molecule has 5 unspecified atom stereocenters. The first-order valence-corrected chi connectivity index (χ1v) is 7.55. The van der Waals surface area contributed by atoms with Gasteiger partial charge in [-0.15, -0.1) is 0 Å². The highest BCUT2D eigenvalue weighted by Crippen LogP contribution is 2.32. The van der Waals surface area contributed by atoms with E-state index in [2.05, 4.69) is 0 Å². The van der Waals surface area contributed by atoms with Gasteiger partial charge in [0.15, 0.2) is 5.43 Å². The Morgan fingerprint density at radius 3 is 2.56 bits per heavy atom. The van der Waals surface area contributed by atoms with Gasteiger partial charge in [0.25, 0.3) is 0 Å². The van der Waals surface area contributed by atoms with E-state index in [1.165, 1.54) is 19.3 Å². The maximum Gasteiger partial charge on any atom is 0.229 e. The molecule has 1 fully saturated rings. The average molecular weight is 354 g/mol. The number of aliphatic hydroxyl groups excluding tert-OH is 4. The molecular weight excluding hydrogens is 336 g/mol. The Kier molecular flexibility index (Phi) is 4.67. The molecule has 9 nitrogen and oxygen atoms in total. The lowest BCUT2D eigenvalue weighted by molar-refractivity contribution is -0.277. The van der Waals surface area contributed by atoms with Crippen LogP contribution < -0.4 is 10.2 Å². The lowest BCUT2D eigenvalue weighted by atomic mass is 9.99. The Labute approximate surface area is 141 Å². The van der Waals surface area contributed by atoms with E-state index in [9.17, 15) is 30.3 Å². The number of hydrogen-bond acceptors (Lipinski definition) is 9. The van der Waals surface area contributed by atoms with Gasteiger partial charge in [0.2, 0.25) is 6.29 Å². The molecule has 0 aliphatic carbocycles. The minimum absolute atomic E-state index is 0.0229. The topological polar surface area (TPSA) is 150 Å². The third-order valence-corrected chi connectivity index (χ3v) is 4.09. The highest BCUT2D eigenvalue weighted by atomic mass is 16.7. The predicted molar refractivity (Wildman–Crippen MR) is 83.3 cm³/mol.